The van der Waals surface area contributed by atoms with Gasteiger partial charge in [0.25, 0.3) is 0 Å². The molecular weight excluding hydrogens is 371 g/mol. The van der Waals surface area contributed by atoms with E-state index in [9.17, 15) is 5.26 Å². The van der Waals surface area contributed by atoms with Crippen LogP contribution in [0.15, 0.2) is 29.7 Å². The number of benzene rings is 1. The molecule has 134 valence electrons. The average molecular weight is 389 g/mol. The van der Waals surface area contributed by atoms with Crippen LogP contribution in [0.2, 0.25) is 10.0 Å². The van der Waals surface area contributed by atoms with Gasteiger partial charge in [0, 0.05) is 11.5 Å². The Hall–Kier alpha value is -2.16. The third-order valence-electron chi connectivity index (χ3n) is 5.31. The van der Waals surface area contributed by atoms with Gasteiger partial charge < -0.3 is 10.5 Å². The Kier molecular flexibility index (Phi) is 4.56. The Morgan fingerprint density at radius 3 is 2.65 bits per heavy atom. The molecule has 0 spiro atoms. The second-order valence-electron chi connectivity index (χ2n) is 6.81. The van der Waals surface area contributed by atoms with E-state index in [-0.39, 0.29) is 11.8 Å². The van der Waals surface area contributed by atoms with Gasteiger partial charge >= 0.3 is 0 Å². The molecule has 1 fully saturated rings. The van der Waals surface area contributed by atoms with E-state index >= 15 is 0 Å². The van der Waals surface area contributed by atoms with E-state index in [1.807, 2.05) is 6.07 Å². The summed E-state index contributed by atoms with van der Waals surface area (Å²) in [5.41, 5.74) is 9.08. The van der Waals surface area contributed by atoms with Crippen molar-refractivity contribution in [1.29, 1.82) is 5.26 Å². The van der Waals surface area contributed by atoms with Crippen LogP contribution in [0.25, 0.3) is 11.3 Å². The van der Waals surface area contributed by atoms with E-state index < -0.39 is 0 Å². The van der Waals surface area contributed by atoms with Crippen molar-refractivity contribution in [3.8, 4) is 23.2 Å². The Balaban J connectivity index is 1.86. The molecule has 2 aromatic rings. The number of rotatable bonds is 2. The minimum absolute atomic E-state index is 0.118. The standard InChI is InChI=1S/C19H18Cl2N4O/c20-13-7-6-11(8-14(13)21)17-16-15(10-4-2-1-3-5-10)12(9-22)18(23)26-19(16)25-24-17/h6-8,10,15H,1-5,23H2,(H,24,25). The summed E-state index contributed by atoms with van der Waals surface area (Å²) in [4.78, 5) is 0. The number of allylic oxidation sites excluding steroid dienone is 1. The molecule has 1 aromatic carbocycles. The normalized spacial score (nSPS) is 20.4. The Labute approximate surface area is 161 Å². The highest BCUT2D eigenvalue weighted by molar-refractivity contribution is 6.42. The second-order valence-corrected chi connectivity index (χ2v) is 7.63. The lowest BCUT2D eigenvalue weighted by molar-refractivity contribution is 0.297. The number of halogens is 2. The predicted molar refractivity (Wildman–Crippen MR) is 101 cm³/mol. The lowest BCUT2D eigenvalue weighted by Crippen LogP contribution is -2.26. The SMILES string of the molecule is N#CC1=C(N)Oc2n[nH]c(-c3ccc(Cl)c(Cl)c3)c2C1C1CCCCC1. The predicted octanol–water partition coefficient (Wildman–Crippen LogP) is 5.13. The highest BCUT2D eigenvalue weighted by Gasteiger charge is 2.39. The maximum atomic E-state index is 9.73. The molecule has 0 saturated heterocycles. The van der Waals surface area contributed by atoms with Crippen LogP contribution < -0.4 is 10.5 Å². The van der Waals surface area contributed by atoms with Crippen molar-refractivity contribution in [2.45, 2.75) is 38.0 Å². The molecule has 7 heteroatoms. The van der Waals surface area contributed by atoms with Gasteiger partial charge in [-0.05, 0) is 30.9 Å². The van der Waals surface area contributed by atoms with E-state index in [0.29, 0.717) is 27.4 Å². The van der Waals surface area contributed by atoms with Gasteiger partial charge in [0.05, 0.1) is 26.9 Å². The largest absolute Gasteiger partial charge is 0.420 e. The summed E-state index contributed by atoms with van der Waals surface area (Å²) in [6.07, 6.45) is 5.69. The van der Waals surface area contributed by atoms with E-state index in [0.717, 1.165) is 42.5 Å². The monoisotopic (exact) mass is 388 g/mol. The van der Waals surface area contributed by atoms with Crippen molar-refractivity contribution in [2.75, 3.05) is 0 Å². The highest BCUT2D eigenvalue weighted by atomic mass is 35.5. The molecule has 1 aromatic heterocycles. The fourth-order valence-corrected chi connectivity index (χ4v) is 4.39. The summed E-state index contributed by atoms with van der Waals surface area (Å²) in [5.74, 6) is 0.826. The molecule has 0 amide bonds. The first-order valence-corrected chi connectivity index (χ1v) is 9.47. The van der Waals surface area contributed by atoms with Gasteiger partial charge in [-0.2, -0.15) is 5.26 Å². The summed E-state index contributed by atoms with van der Waals surface area (Å²) in [6.45, 7) is 0. The average Bonchev–Trinajstić information content (AvgIpc) is 3.06. The van der Waals surface area contributed by atoms with Crippen LogP contribution in [0.3, 0.4) is 0 Å². The van der Waals surface area contributed by atoms with Gasteiger partial charge in [-0.1, -0.05) is 48.5 Å². The molecule has 0 radical (unpaired) electrons. The van der Waals surface area contributed by atoms with Crippen molar-refractivity contribution in [3.63, 3.8) is 0 Å². The number of aromatic amines is 1. The molecule has 26 heavy (non-hydrogen) atoms. The Morgan fingerprint density at radius 2 is 1.96 bits per heavy atom. The zero-order valence-electron chi connectivity index (χ0n) is 14.1. The van der Waals surface area contributed by atoms with Crippen LogP contribution >= 0.6 is 23.2 Å². The second kappa shape index (κ2) is 6.86. The Bertz CT molecular complexity index is 922. The van der Waals surface area contributed by atoms with Gasteiger partial charge in [0.1, 0.15) is 6.07 Å². The summed E-state index contributed by atoms with van der Waals surface area (Å²) >= 11 is 12.3. The Morgan fingerprint density at radius 1 is 1.19 bits per heavy atom. The topological polar surface area (TPSA) is 87.7 Å². The molecule has 1 atom stereocenters. The van der Waals surface area contributed by atoms with Crippen LogP contribution in [-0.4, -0.2) is 10.2 Å². The number of fused-ring (bicyclic) bond motifs is 1. The first-order valence-electron chi connectivity index (χ1n) is 8.71. The molecule has 4 rings (SSSR count). The van der Waals surface area contributed by atoms with E-state index in [2.05, 4.69) is 16.3 Å². The highest BCUT2D eigenvalue weighted by Crippen LogP contribution is 2.49. The van der Waals surface area contributed by atoms with Crippen LogP contribution in [0.1, 0.15) is 43.6 Å². The third-order valence-corrected chi connectivity index (χ3v) is 6.05. The minimum Gasteiger partial charge on any atom is -0.420 e. The van der Waals surface area contributed by atoms with Crippen molar-refractivity contribution in [2.24, 2.45) is 11.7 Å². The zero-order valence-corrected chi connectivity index (χ0v) is 15.6. The number of nitrogens with one attached hydrogen (secondary N) is 1. The van der Waals surface area contributed by atoms with Crippen LogP contribution in [-0.2, 0) is 0 Å². The molecule has 1 unspecified atom stereocenters. The van der Waals surface area contributed by atoms with Crippen molar-refractivity contribution >= 4 is 23.2 Å². The van der Waals surface area contributed by atoms with Gasteiger partial charge in [-0.3, -0.25) is 5.10 Å². The number of hydrogen-bond donors (Lipinski definition) is 2. The van der Waals surface area contributed by atoms with Crippen LogP contribution in [0.5, 0.6) is 5.88 Å². The lowest BCUT2D eigenvalue weighted by Gasteiger charge is -2.33. The number of nitrogens with two attached hydrogens (primary N) is 1. The third kappa shape index (κ3) is 2.84. The smallest absolute Gasteiger partial charge is 0.244 e. The quantitative estimate of drug-likeness (QED) is 0.745. The number of hydrogen-bond acceptors (Lipinski definition) is 4. The van der Waals surface area contributed by atoms with Gasteiger partial charge in [0.15, 0.2) is 0 Å². The summed E-state index contributed by atoms with van der Waals surface area (Å²) in [5, 5.41) is 18.0. The molecule has 0 bridgehead atoms. The molecule has 2 heterocycles. The van der Waals surface area contributed by atoms with E-state index in [4.69, 9.17) is 33.7 Å². The molecule has 1 aliphatic carbocycles. The minimum atomic E-state index is -0.118. The van der Waals surface area contributed by atoms with Gasteiger partial charge in [-0.25, -0.2) is 0 Å². The fourth-order valence-electron chi connectivity index (χ4n) is 4.09. The van der Waals surface area contributed by atoms with Crippen LogP contribution in [0, 0.1) is 17.2 Å². The molecule has 5 nitrogen and oxygen atoms in total. The summed E-state index contributed by atoms with van der Waals surface area (Å²) in [7, 11) is 0. The molecule has 2 aliphatic rings. The fraction of sp³-hybridized carbons (Fsp3) is 0.368. The van der Waals surface area contributed by atoms with Crippen molar-refractivity contribution in [3.05, 3.63) is 45.3 Å². The van der Waals surface area contributed by atoms with E-state index in [1.165, 1.54) is 6.42 Å². The molecular formula is C19H18Cl2N4O. The number of nitrogens with zero attached hydrogens (tertiary/aromatic N) is 2. The van der Waals surface area contributed by atoms with Gasteiger partial charge in [0.2, 0.25) is 11.8 Å². The lowest BCUT2D eigenvalue weighted by atomic mass is 9.72. The van der Waals surface area contributed by atoms with Crippen LogP contribution in [0.4, 0.5) is 0 Å². The van der Waals surface area contributed by atoms with Crippen molar-refractivity contribution in [1.82, 2.24) is 10.2 Å². The molecule has 1 saturated carbocycles. The first-order chi connectivity index (χ1) is 12.6. The number of aromatic nitrogens is 2. The first kappa shape index (κ1) is 17.3. The summed E-state index contributed by atoms with van der Waals surface area (Å²) in [6, 6.07) is 7.70. The number of ether oxygens (including phenoxy) is 1. The maximum absolute atomic E-state index is 9.73. The van der Waals surface area contributed by atoms with Gasteiger partial charge in [-0.15, -0.1) is 5.10 Å². The summed E-state index contributed by atoms with van der Waals surface area (Å²) < 4.78 is 5.65. The van der Waals surface area contributed by atoms with Crippen molar-refractivity contribution < 1.29 is 4.74 Å². The number of nitriles is 1. The maximum Gasteiger partial charge on any atom is 0.244 e. The molecule has 3 N–H and O–H groups in total. The zero-order chi connectivity index (χ0) is 18.3. The number of H-pyrrole nitrogens is 1. The molecule has 1 aliphatic heterocycles. The van der Waals surface area contributed by atoms with E-state index in [1.54, 1.807) is 12.1 Å².